The summed E-state index contributed by atoms with van der Waals surface area (Å²) in [6, 6.07) is 77.5. The van der Waals surface area contributed by atoms with Crippen LogP contribution in [0.4, 0.5) is 0 Å². The normalized spacial score (nSPS) is 14.1. The summed E-state index contributed by atoms with van der Waals surface area (Å²) in [4.78, 5) is 0. The van der Waals surface area contributed by atoms with Crippen molar-refractivity contribution in [3.63, 3.8) is 0 Å². The summed E-state index contributed by atoms with van der Waals surface area (Å²) < 4.78 is 4.80. The van der Waals surface area contributed by atoms with Crippen LogP contribution in [-0.2, 0) is 10.8 Å². The van der Waals surface area contributed by atoms with Gasteiger partial charge in [0.05, 0.1) is 22.1 Å². The van der Waals surface area contributed by atoms with Crippen molar-refractivity contribution in [2.45, 2.75) is 52.4 Å². The molecule has 0 aliphatic heterocycles. The minimum Gasteiger partial charge on any atom is -0.309 e. The van der Waals surface area contributed by atoms with Gasteiger partial charge in [0.25, 0.3) is 0 Å². The van der Waals surface area contributed by atoms with Crippen molar-refractivity contribution < 1.29 is 0 Å². The average molecular weight is 923 g/mol. The SMILES string of the molecule is Cc1cc(C)cc(-n2c3ccccc3c3cc(-c4ccc5c(c4)C(C)(C)c4cc(-c6ccc7c(c6)C(C)(C)c6cc(/C=C/c8ccc9c(c8)c8ccccc8n9-c8ccccc8)ccc6-7)ccc4-5)ccc32)c1. The molecule has 0 radical (unpaired) electrons. The van der Waals surface area contributed by atoms with Gasteiger partial charge in [0.15, 0.2) is 0 Å². The highest BCUT2D eigenvalue weighted by molar-refractivity contribution is 6.11. The van der Waals surface area contributed by atoms with Crippen molar-refractivity contribution in [2.24, 2.45) is 0 Å². The lowest BCUT2D eigenvalue weighted by Gasteiger charge is -2.24. The number of hydrogen-bond donors (Lipinski definition) is 0. The fourth-order valence-corrected chi connectivity index (χ4v) is 12.8. The van der Waals surface area contributed by atoms with Gasteiger partial charge >= 0.3 is 0 Å². The number of nitrogens with zero attached hydrogens (tertiary/aromatic N) is 2. The first-order valence-corrected chi connectivity index (χ1v) is 25.5. The summed E-state index contributed by atoms with van der Waals surface area (Å²) in [6.07, 6.45) is 4.55. The molecule has 344 valence electrons. The summed E-state index contributed by atoms with van der Waals surface area (Å²) in [5.74, 6) is 0. The van der Waals surface area contributed by atoms with Crippen LogP contribution in [0.15, 0.2) is 206 Å². The molecule has 0 atom stereocenters. The monoisotopic (exact) mass is 922 g/mol. The number of para-hydroxylation sites is 3. The first-order valence-electron chi connectivity index (χ1n) is 25.5. The van der Waals surface area contributed by atoms with E-state index in [1.807, 2.05) is 0 Å². The van der Waals surface area contributed by atoms with Crippen LogP contribution in [-0.4, -0.2) is 9.13 Å². The molecule has 2 aliphatic rings. The highest BCUT2D eigenvalue weighted by Crippen LogP contribution is 2.53. The molecule has 0 saturated heterocycles. The maximum absolute atomic E-state index is 2.47. The molecule has 0 amide bonds. The lowest BCUT2D eigenvalue weighted by atomic mass is 9.79. The van der Waals surface area contributed by atoms with Crippen LogP contribution in [0.5, 0.6) is 0 Å². The third-order valence-electron chi connectivity index (χ3n) is 16.4. The molecule has 0 bridgehead atoms. The second-order valence-electron chi connectivity index (χ2n) is 21.6. The number of rotatable bonds is 6. The molecule has 10 aromatic carbocycles. The van der Waals surface area contributed by atoms with E-state index in [2.05, 4.69) is 269 Å². The van der Waals surface area contributed by atoms with Gasteiger partial charge in [0.2, 0.25) is 0 Å². The van der Waals surface area contributed by atoms with E-state index in [0.29, 0.717) is 0 Å². The van der Waals surface area contributed by atoms with Gasteiger partial charge in [-0.1, -0.05) is 167 Å². The fraction of sp³-hybridized carbons (Fsp3) is 0.114. The number of aryl methyl sites for hydroxylation is 2. The molecule has 2 nitrogen and oxygen atoms in total. The zero-order chi connectivity index (χ0) is 48.6. The van der Waals surface area contributed by atoms with Crippen molar-refractivity contribution >= 4 is 55.8 Å². The van der Waals surface area contributed by atoms with E-state index in [9.17, 15) is 0 Å². The molecule has 72 heavy (non-hydrogen) atoms. The lowest BCUT2D eigenvalue weighted by Crippen LogP contribution is -2.15. The first-order chi connectivity index (χ1) is 35.0. The van der Waals surface area contributed by atoms with E-state index < -0.39 is 0 Å². The van der Waals surface area contributed by atoms with Crippen molar-refractivity contribution in [2.75, 3.05) is 0 Å². The highest BCUT2D eigenvalue weighted by atomic mass is 15.0. The molecule has 2 heteroatoms. The Hall–Kier alpha value is -8.46. The topological polar surface area (TPSA) is 9.86 Å². The predicted octanol–water partition coefficient (Wildman–Crippen LogP) is 18.6. The molecule has 0 N–H and O–H groups in total. The minimum atomic E-state index is -0.164. The third kappa shape index (κ3) is 6.35. The summed E-state index contributed by atoms with van der Waals surface area (Å²) in [5, 5.41) is 5.09. The van der Waals surface area contributed by atoms with Crippen LogP contribution in [0.3, 0.4) is 0 Å². The Morgan fingerprint density at radius 2 is 0.694 bits per heavy atom. The van der Waals surface area contributed by atoms with Gasteiger partial charge < -0.3 is 9.13 Å². The molecule has 0 unspecified atom stereocenters. The minimum absolute atomic E-state index is 0.150. The molecule has 2 heterocycles. The summed E-state index contributed by atoms with van der Waals surface area (Å²) >= 11 is 0. The second kappa shape index (κ2) is 15.5. The Morgan fingerprint density at radius 1 is 0.306 bits per heavy atom. The highest BCUT2D eigenvalue weighted by Gasteiger charge is 2.38. The molecule has 14 rings (SSSR count). The van der Waals surface area contributed by atoms with Gasteiger partial charge in [0, 0.05) is 43.7 Å². The average Bonchev–Trinajstić information content (AvgIpc) is 4.05. The Balaban J connectivity index is 0.755. The number of aromatic nitrogens is 2. The zero-order valence-electron chi connectivity index (χ0n) is 41.7. The Labute approximate surface area is 421 Å². The quantitative estimate of drug-likeness (QED) is 0.147. The summed E-state index contributed by atoms with van der Waals surface area (Å²) in [6.45, 7) is 14.0. The molecule has 0 fully saturated rings. The largest absolute Gasteiger partial charge is 0.309 e. The molecule has 2 aromatic heterocycles. The Kier molecular flexibility index (Phi) is 9.14. The zero-order valence-corrected chi connectivity index (χ0v) is 41.7. The van der Waals surface area contributed by atoms with Gasteiger partial charge in [-0.2, -0.15) is 0 Å². The Bertz CT molecular complexity index is 4260. The van der Waals surface area contributed by atoms with Gasteiger partial charge in [-0.25, -0.2) is 0 Å². The number of benzene rings is 10. The maximum atomic E-state index is 2.47. The van der Waals surface area contributed by atoms with E-state index >= 15 is 0 Å². The third-order valence-corrected chi connectivity index (χ3v) is 16.4. The van der Waals surface area contributed by atoms with Crippen molar-refractivity contribution in [3.05, 3.63) is 251 Å². The van der Waals surface area contributed by atoms with Gasteiger partial charge in [-0.05, 0) is 182 Å². The van der Waals surface area contributed by atoms with E-state index in [4.69, 9.17) is 0 Å². The van der Waals surface area contributed by atoms with Gasteiger partial charge in [-0.15, -0.1) is 0 Å². The van der Waals surface area contributed by atoms with Crippen molar-refractivity contribution in [1.82, 2.24) is 9.13 Å². The van der Waals surface area contributed by atoms with Crippen LogP contribution in [0, 0.1) is 13.8 Å². The molecule has 0 saturated carbocycles. The fourth-order valence-electron chi connectivity index (χ4n) is 12.8. The molecule has 12 aromatic rings. The van der Waals surface area contributed by atoms with Crippen LogP contribution in [0.1, 0.15) is 72.2 Å². The smallest absolute Gasteiger partial charge is 0.0541 e. The van der Waals surface area contributed by atoms with Crippen LogP contribution >= 0.6 is 0 Å². The van der Waals surface area contributed by atoms with Crippen molar-refractivity contribution in [3.8, 4) is 55.9 Å². The second-order valence-corrected chi connectivity index (χ2v) is 21.6. The van der Waals surface area contributed by atoms with Crippen LogP contribution in [0.25, 0.3) is 112 Å². The molecule has 2 aliphatic carbocycles. The van der Waals surface area contributed by atoms with E-state index in [1.54, 1.807) is 0 Å². The standard InChI is InChI=1S/C70H54N2/c1-43-34-44(2)36-52(35-43)72-66-19-13-11-17-58(66)60-39-47(27-33-68(60)72)48-24-29-55-56-31-26-50(42-64(56)70(5,6)63(55)40-48)49-25-30-54-53-28-22-46(38-61(53)69(3,4)62(54)41-49)21-20-45-23-32-67-59(37-45)57-16-10-12-18-65(57)71(67)51-14-8-7-9-15-51/h7-42H,1-6H3/b21-20+. The van der Waals surface area contributed by atoms with Crippen molar-refractivity contribution in [1.29, 1.82) is 0 Å². The lowest BCUT2D eigenvalue weighted by molar-refractivity contribution is 0.659. The summed E-state index contributed by atoms with van der Waals surface area (Å²) in [5.41, 5.74) is 27.9. The van der Waals surface area contributed by atoms with E-state index in [0.717, 1.165) is 0 Å². The maximum Gasteiger partial charge on any atom is 0.0541 e. The Morgan fingerprint density at radius 3 is 1.25 bits per heavy atom. The first kappa shape index (κ1) is 42.4. The van der Waals surface area contributed by atoms with Gasteiger partial charge in [0.1, 0.15) is 0 Å². The summed E-state index contributed by atoms with van der Waals surface area (Å²) in [7, 11) is 0. The predicted molar refractivity (Wildman–Crippen MR) is 306 cm³/mol. The molecular formula is C70H54N2. The number of fused-ring (bicyclic) bond motifs is 12. The van der Waals surface area contributed by atoms with Gasteiger partial charge in [-0.3, -0.25) is 0 Å². The van der Waals surface area contributed by atoms with Crippen LogP contribution < -0.4 is 0 Å². The van der Waals surface area contributed by atoms with E-state index in [-0.39, 0.29) is 10.8 Å². The van der Waals surface area contributed by atoms with Crippen LogP contribution in [0.2, 0.25) is 0 Å². The molecular weight excluding hydrogens is 869 g/mol. The molecule has 0 spiro atoms. The number of hydrogen-bond acceptors (Lipinski definition) is 0. The van der Waals surface area contributed by atoms with E-state index in [1.165, 1.54) is 144 Å².